The number of hydrogen-bond acceptors (Lipinski definition) is 5. The van der Waals surface area contributed by atoms with Crippen LogP contribution in [0, 0.1) is 12.8 Å². The Balaban J connectivity index is 1.27. The second-order valence-electron chi connectivity index (χ2n) is 8.50. The number of carbonyl (C=O) groups is 2. The maximum absolute atomic E-state index is 12.9. The molecular weight excluding hydrogens is 446 g/mol. The molecule has 0 spiro atoms. The van der Waals surface area contributed by atoms with Crippen molar-refractivity contribution in [1.82, 2.24) is 14.6 Å². The van der Waals surface area contributed by atoms with E-state index >= 15 is 0 Å². The summed E-state index contributed by atoms with van der Waals surface area (Å²) in [5, 5.41) is 10.2. The lowest BCUT2D eigenvalue weighted by molar-refractivity contribution is 0.0619. The standard InChI is InChI=1S/C23H24ClN5O2S/c1-13-2-3-15(24)10-18(13)27-23(31)25-16-4-5-17-20(11-16)32-28-21(17)22(30)26-19-12-29-8-6-14(19)7-9-29/h2-5,10-11,14,19H,6-9,12H2,1H3,(H,26,30)(H2,25,27,31)/t19-/m0/s1. The zero-order valence-corrected chi connectivity index (χ0v) is 19.2. The summed E-state index contributed by atoms with van der Waals surface area (Å²) in [4.78, 5) is 27.8. The van der Waals surface area contributed by atoms with Crippen LogP contribution >= 0.6 is 23.1 Å². The number of hydrogen-bond donors (Lipinski definition) is 3. The zero-order chi connectivity index (χ0) is 22.2. The number of carbonyl (C=O) groups excluding carboxylic acids is 2. The van der Waals surface area contributed by atoms with Gasteiger partial charge >= 0.3 is 6.03 Å². The lowest BCUT2D eigenvalue weighted by atomic mass is 9.84. The molecule has 3 amide bonds. The Morgan fingerprint density at radius 1 is 1.12 bits per heavy atom. The van der Waals surface area contributed by atoms with Crippen molar-refractivity contribution in [1.29, 1.82) is 0 Å². The average molecular weight is 470 g/mol. The third-order valence-corrected chi connectivity index (χ3v) is 7.41. The van der Waals surface area contributed by atoms with Gasteiger partial charge in [-0.1, -0.05) is 17.7 Å². The Morgan fingerprint density at radius 2 is 1.94 bits per heavy atom. The van der Waals surface area contributed by atoms with Gasteiger partial charge in [-0.2, -0.15) is 4.37 Å². The lowest BCUT2D eigenvalue weighted by Crippen LogP contribution is -2.57. The lowest BCUT2D eigenvalue weighted by Gasteiger charge is -2.44. The van der Waals surface area contributed by atoms with Crippen molar-refractivity contribution < 1.29 is 9.59 Å². The molecule has 166 valence electrons. The van der Waals surface area contributed by atoms with Gasteiger partial charge in [-0.05, 0) is 86.2 Å². The molecule has 4 heterocycles. The molecule has 7 nitrogen and oxygen atoms in total. The van der Waals surface area contributed by atoms with E-state index in [2.05, 4.69) is 25.2 Å². The normalized spacial score (nSPS) is 22.0. The molecule has 3 aromatic rings. The van der Waals surface area contributed by atoms with E-state index < -0.39 is 0 Å². The number of aromatic nitrogens is 1. The van der Waals surface area contributed by atoms with E-state index in [4.69, 9.17) is 11.6 Å². The molecule has 2 bridgehead atoms. The highest BCUT2D eigenvalue weighted by Gasteiger charge is 2.35. The summed E-state index contributed by atoms with van der Waals surface area (Å²) in [6, 6.07) is 10.6. The van der Waals surface area contributed by atoms with Crippen molar-refractivity contribution in [2.45, 2.75) is 25.8 Å². The molecule has 3 saturated heterocycles. The van der Waals surface area contributed by atoms with Crippen LogP contribution in [0.3, 0.4) is 0 Å². The minimum Gasteiger partial charge on any atom is -0.346 e. The molecule has 0 saturated carbocycles. The second kappa shape index (κ2) is 8.69. The molecule has 1 atom stereocenters. The van der Waals surface area contributed by atoms with E-state index in [0.29, 0.717) is 28.0 Å². The van der Waals surface area contributed by atoms with Crippen LogP contribution in [0.5, 0.6) is 0 Å². The maximum atomic E-state index is 12.9. The van der Waals surface area contributed by atoms with E-state index in [-0.39, 0.29) is 18.0 Å². The van der Waals surface area contributed by atoms with Crippen LogP contribution in [0.2, 0.25) is 5.02 Å². The molecule has 3 aliphatic rings. The monoisotopic (exact) mass is 469 g/mol. The van der Waals surface area contributed by atoms with Crippen LogP contribution in [0.1, 0.15) is 28.9 Å². The van der Waals surface area contributed by atoms with Crippen molar-refractivity contribution >= 4 is 56.5 Å². The van der Waals surface area contributed by atoms with Gasteiger partial charge in [0.05, 0.1) is 4.70 Å². The summed E-state index contributed by atoms with van der Waals surface area (Å²) in [5.41, 5.74) is 2.65. The number of amides is 3. The smallest absolute Gasteiger partial charge is 0.323 e. The summed E-state index contributed by atoms with van der Waals surface area (Å²) in [5.74, 6) is 0.441. The van der Waals surface area contributed by atoms with Crippen LogP contribution in [-0.4, -0.2) is 46.9 Å². The highest BCUT2D eigenvalue weighted by Crippen LogP contribution is 2.30. The van der Waals surface area contributed by atoms with Crippen molar-refractivity contribution in [3.05, 3.63) is 52.7 Å². The van der Waals surface area contributed by atoms with Gasteiger partial charge in [0.25, 0.3) is 5.91 Å². The fourth-order valence-electron chi connectivity index (χ4n) is 4.56. The minimum absolute atomic E-state index is 0.120. The fourth-order valence-corrected chi connectivity index (χ4v) is 5.54. The number of nitrogens with zero attached hydrogens (tertiary/aromatic N) is 2. The van der Waals surface area contributed by atoms with Crippen LogP contribution in [0.25, 0.3) is 10.1 Å². The molecule has 9 heteroatoms. The Bertz CT molecular complexity index is 1190. The number of halogens is 1. The van der Waals surface area contributed by atoms with Crippen LogP contribution < -0.4 is 16.0 Å². The summed E-state index contributed by atoms with van der Waals surface area (Å²) in [7, 11) is 0. The number of rotatable bonds is 4. The van der Waals surface area contributed by atoms with E-state index in [1.54, 1.807) is 18.2 Å². The topological polar surface area (TPSA) is 86.4 Å². The van der Waals surface area contributed by atoms with E-state index in [1.165, 1.54) is 11.5 Å². The molecule has 0 radical (unpaired) electrons. The Labute approximate surface area is 195 Å². The zero-order valence-electron chi connectivity index (χ0n) is 17.7. The molecule has 3 aliphatic heterocycles. The molecule has 2 aromatic carbocycles. The van der Waals surface area contributed by atoms with Gasteiger partial charge in [-0.3, -0.25) is 4.79 Å². The molecule has 6 rings (SSSR count). The van der Waals surface area contributed by atoms with E-state index in [9.17, 15) is 9.59 Å². The number of piperidine rings is 3. The number of anilines is 2. The highest BCUT2D eigenvalue weighted by atomic mass is 35.5. The maximum Gasteiger partial charge on any atom is 0.323 e. The first kappa shape index (κ1) is 21.2. The highest BCUT2D eigenvalue weighted by molar-refractivity contribution is 7.13. The molecule has 32 heavy (non-hydrogen) atoms. The van der Waals surface area contributed by atoms with E-state index in [1.807, 2.05) is 25.1 Å². The van der Waals surface area contributed by atoms with Gasteiger partial charge in [0.1, 0.15) is 5.69 Å². The van der Waals surface area contributed by atoms with Gasteiger partial charge in [-0.25, -0.2) is 4.79 Å². The number of nitrogens with one attached hydrogen (secondary N) is 3. The predicted octanol–water partition coefficient (Wildman–Crippen LogP) is 4.73. The van der Waals surface area contributed by atoms with Crippen molar-refractivity contribution in [2.75, 3.05) is 30.3 Å². The Morgan fingerprint density at radius 3 is 2.69 bits per heavy atom. The predicted molar refractivity (Wildman–Crippen MR) is 129 cm³/mol. The Kier molecular flexibility index (Phi) is 5.75. The van der Waals surface area contributed by atoms with Crippen molar-refractivity contribution in [3.8, 4) is 0 Å². The van der Waals surface area contributed by atoms with Gasteiger partial charge in [0.2, 0.25) is 0 Å². The van der Waals surface area contributed by atoms with E-state index in [0.717, 1.165) is 48.1 Å². The summed E-state index contributed by atoms with van der Waals surface area (Å²) in [6.45, 7) is 5.10. The number of urea groups is 1. The molecule has 3 fully saturated rings. The van der Waals surface area contributed by atoms with Crippen LogP contribution in [0.4, 0.5) is 16.2 Å². The first-order valence-electron chi connectivity index (χ1n) is 10.7. The minimum atomic E-state index is -0.362. The fraction of sp³-hybridized carbons (Fsp3) is 0.348. The van der Waals surface area contributed by atoms with Gasteiger partial charge < -0.3 is 20.9 Å². The molecular formula is C23H24ClN5O2S. The third-order valence-electron chi connectivity index (χ3n) is 6.37. The van der Waals surface area contributed by atoms with Crippen molar-refractivity contribution in [2.24, 2.45) is 5.92 Å². The molecule has 0 aliphatic carbocycles. The average Bonchev–Trinajstić information content (AvgIpc) is 3.20. The largest absolute Gasteiger partial charge is 0.346 e. The van der Waals surface area contributed by atoms with Gasteiger partial charge in [-0.15, -0.1) is 0 Å². The molecule has 3 N–H and O–H groups in total. The first-order valence-corrected chi connectivity index (χ1v) is 11.9. The number of benzene rings is 2. The summed E-state index contributed by atoms with van der Waals surface area (Å²) in [6.07, 6.45) is 2.29. The second-order valence-corrected chi connectivity index (χ2v) is 9.74. The molecule has 0 unspecified atom stereocenters. The SMILES string of the molecule is Cc1ccc(Cl)cc1NC(=O)Nc1ccc2c(C(=O)N[C@H]3CN4CCC3CC4)nsc2c1. The summed E-state index contributed by atoms with van der Waals surface area (Å²) < 4.78 is 5.25. The quantitative estimate of drug-likeness (QED) is 0.515. The first-order chi connectivity index (χ1) is 15.5. The summed E-state index contributed by atoms with van der Waals surface area (Å²) >= 11 is 7.28. The molecule has 1 aromatic heterocycles. The van der Waals surface area contributed by atoms with Gasteiger partial charge in [0, 0.05) is 34.4 Å². The van der Waals surface area contributed by atoms with Crippen LogP contribution in [-0.2, 0) is 0 Å². The van der Waals surface area contributed by atoms with Crippen molar-refractivity contribution in [3.63, 3.8) is 0 Å². The van der Waals surface area contributed by atoms with Crippen LogP contribution in [0.15, 0.2) is 36.4 Å². The number of aryl methyl sites for hydroxylation is 1. The number of fused-ring (bicyclic) bond motifs is 4. The van der Waals surface area contributed by atoms with Gasteiger partial charge in [0.15, 0.2) is 0 Å². The third kappa shape index (κ3) is 4.30. The Hall–Kier alpha value is -2.68.